The topological polar surface area (TPSA) is 87.9 Å². The molecule has 1 saturated carbocycles. The Labute approximate surface area is 202 Å². The number of aromatic nitrogens is 3. The van der Waals surface area contributed by atoms with E-state index in [1.54, 1.807) is 0 Å². The molecule has 2 aliphatic rings. The third kappa shape index (κ3) is 4.59. The zero-order valence-corrected chi connectivity index (χ0v) is 20.3. The molecule has 2 heterocycles. The molecule has 1 saturated heterocycles. The van der Waals surface area contributed by atoms with Gasteiger partial charge in [0, 0.05) is 36.3 Å². The number of nitrogens with one attached hydrogen (secondary N) is 1. The first-order valence-corrected chi connectivity index (χ1v) is 12.7. The lowest BCUT2D eigenvalue weighted by Gasteiger charge is -2.33. The fourth-order valence-electron chi connectivity index (χ4n) is 5.33. The van der Waals surface area contributed by atoms with Gasteiger partial charge in [-0.15, -0.1) is 10.2 Å². The van der Waals surface area contributed by atoms with Crippen LogP contribution in [-0.4, -0.2) is 39.1 Å². The van der Waals surface area contributed by atoms with Crippen LogP contribution in [0.5, 0.6) is 0 Å². The molecule has 2 aromatic carbocycles. The first-order chi connectivity index (χ1) is 16.5. The molecule has 3 N–H and O–H groups in total. The first-order valence-electron chi connectivity index (χ1n) is 12.7. The van der Waals surface area contributed by atoms with Crippen LogP contribution in [0.1, 0.15) is 77.8 Å². The van der Waals surface area contributed by atoms with Crippen molar-refractivity contribution in [3.8, 4) is 11.4 Å². The quantitative estimate of drug-likeness (QED) is 0.493. The average Bonchev–Trinajstić information content (AvgIpc) is 3.31. The number of H-pyrrole nitrogens is 1. The number of piperidine rings is 1. The molecule has 0 spiro atoms. The fourth-order valence-corrected chi connectivity index (χ4v) is 5.33. The average molecular weight is 458 g/mol. The van der Waals surface area contributed by atoms with Crippen LogP contribution >= 0.6 is 0 Å². The minimum Gasteiger partial charge on any atom is -0.399 e. The van der Waals surface area contributed by atoms with Gasteiger partial charge in [0.05, 0.1) is 0 Å². The lowest BCUT2D eigenvalue weighted by Crippen LogP contribution is -2.38. The molecule has 3 aromatic rings. The van der Waals surface area contributed by atoms with Crippen LogP contribution in [0.15, 0.2) is 36.4 Å². The molecule has 1 amide bonds. The maximum Gasteiger partial charge on any atom is 0.254 e. The molecule has 1 aliphatic heterocycles. The van der Waals surface area contributed by atoms with Gasteiger partial charge < -0.3 is 15.6 Å². The van der Waals surface area contributed by atoms with Crippen molar-refractivity contribution in [3.05, 3.63) is 64.5 Å². The molecule has 5 rings (SSSR count). The molecule has 0 radical (unpaired) electrons. The third-order valence-electron chi connectivity index (χ3n) is 7.73. The van der Waals surface area contributed by atoms with Crippen molar-refractivity contribution in [2.75, 3.05) is 18.8 Å². The molecular formula is C28H35N5O. The zero-order valence-electron chi connectivity index (χ0n) is 20.3. The van der Waals surface area contributed by atoms with Gasteiger partial charge in [-0.05, 0) is 72.9 Å². The number of hydrogen-bond acceptors (Lipinski definition) is 4. The number of nitrogens with zero attached hydrogens (tertiary/aromatic N) is 3. The minimum absolute atomic E-state index is 0.125. The molecule has 0 bridgehead atoms. The molecule has 1 aliphatic carbocycles. The Balaban J connectivity index is 1.37. The minimum atomic E-state index is 0.125. The highest BCUT2D eigenvalue weighted by molar-refractivity contribution is 5.97. The third-order valence-corrected chi connectivity index (χ3v) is 7.73. The summed E-state index contributed by atoms with van der Waals surface area (Å²) >= 11 is 0. The summed E-state index contributed by atoms with van der Waals surface area (Å²) in [6, 6.07) is 12.5. The summed E-state index contributed by atoms with van der Waals surface area (Å²) in [6.45, 7) is 5.68. The SMILES string of the molecule is CCc1nnc(-c2cc(C(=O)N3CCC(c4ccc(N)cc4)CC3)c(C)cc2CC2CCC2)[nH]1. The van der Waals surface area contributed by atoms with Crippen molar-refractivity contribution in [2.45, 2.75) is 64.7 Å². The van der Waals surface area contributed by atoms with Gasteiger partial charge in [-0.3, -0.25) is 4.79 Å². The Morgan fingerprint density at radius 3 is 2.44 bits per heavy atom. The Bertz CT molecular complexity index is 1150. The smallest absolute Gasteiger partial charge is 0.254 e. The van der Waals surface area contributed by atoms with E-state index in [1.807, 2.05) is 17.0 Å². The summed E-state index contributed by atoms with van der Waals surface area (Å²) in [4.78, 5) is 19.0. The number of nitrogens with two attached hydrogens (primary N) is 1. The predicted molar refractivity (Wildman–Crippen MR) is 136 cm³/mol. The zero-order chi connectivity index (χ0) is 23.7. The van der Waals surface area contributed by atoms with E-state index < -0.39 is 0 Å². The maximum absolute atomic E-state index is 13.6. The second kappa shape index (κ2) is 9.61. The number of benzene rings is 2. The van der Waals surface area contributed by atoms with Crippen LogP contribution in [-0.2, 0) is 12.8 Å². The number of hydrogen-bond donors (Lipinski definition) is 2. The summed E-state index contributed by atoms with van der Waals surface area (Å²) < 4.78 is 0. The van der Waals surface area contributed by atoms with Crippen LogP contribution in [0.25, 0.3) is 11.4 Å². The van der Waals surface area contributed by atoms with Gasteiger partial charge in [0.2, 0.25) is 0 Å². The summed E-state index contributed by atoms with van der Waals surface area (Å²) in [6.07, 6.45) is 7.71. The number of nitrogen functional groups attached to an aromatic ring is 1. The molecule has 2 fully saturated rings. The van der Waals surface area contributed by atoms with Gasteiger partial charge in [-0.2, -0.15) is 0 Å². The van der Waals surface area contributed by atoms with Crippen LogP contribution in [0.4, 0.5) is 5.69 Å². The second-order valence-electron chi connectivity index (χ2n) is 10.0. The van der Waals surface area contributed by atoms with Crippen molar-refractivity contribution < 1.29 is 4.79 Å². The van der Waals surface area contributed by atoms with Gasteiger partial charge in [0.15, 0.2) is 5.82 Å². The van der Waals surface area contributed by atoms with E-state index in [-0.39, 0.29) is 5.91 Å². The first kappa shape index (κ1) is 22.6. The number of carbonyl (C=O) groups is 1. The van der Waals surface area contributed by atoms with Crippen molar-refractivity contribution >= 4 is 11.6 Å². The Morgan fingerprint density at radius 1 is 1.09 bits per heavy atom. The van der Waals surface area contributed by atoms with Crippen molar-refractivity contribution in [3.63, 3.8) is 0 Å². The monoisotopic (exact) mass is 457 g/mol. The van der Waals surface area contributed by atoms with E-state index in [2.05, 4.69) is 53.3 Å². The largest absolute Gasteiger partial charge is 0.399 e. The van der Waals surface area contributed by atoms with Gasteiger partial charge in [0.1, 0.15) is 5.82 Å². The lowest BCUT2D eigenvalue weighted by atomic mass is 9.79. The summed E-state index contributed by atoms with van der Waals surface area (Å²) in [7, 11) is 0. The number of anilines is 1. The highest BCUT2D eigenvalue weighted by Crippen LogP contribution is 2.35. The highest BCUT2D eigenvalue weighted by atomic mass is 16.2. The Hall–Kier alpha value is -3.15. The predicted octanol–water partition coefficient (Wildman–Crippen LogP) is 5.29. The van der Waals surface area contributed by atoms with Crippen LogP contribution in [0, 0.1) is 12.8 Å². The Morgan fingerprint density at radius 2 is 1.82 bits per heavy atom. The van der Waals surface area contributed by atoms with E-state index in [0.717, 1.165) is 78.7 Å². The molecule has 0 unspecified atom stereocenters. The van der Waals surface area contributed by atoms with Gasteiger partial charge in [-0.1, -0.05) is 44.4 Å². The number of rotatable bonds is 6. The summed E-state index contributed by atoms with van der Waals surface area (Å²) in [5.41, 5.74) is 12.1. The molecule has 1 aromatic heterocycles. The van der Waals surface area contributed by atoms with Crippen LogP contribution in [0.3, 0.4) is 0 Å². The van der Waals surface area contributed by atoms with Gasteiger partial charge >= 0.3 is 0 Å². The van der Waals surface area contributed by atoms with E-state index in [9.17, 15) is 4.79 Å². The molecule has 178 valence electrons. The Kier molecular flexibility index (Phi) is 6.40. The number of amides is 1. The van der Waals surface area contributed by atoms with E-state index in [1.165, 1.54) is 30.4 Å². The fraction of sp³-hybridized carbons (Fsp3) is 0.464. The van der Waals surface area contributed by atoms with Crippen molar-refractivity contribution in [1.82, 2.24) is 20.1 Å². The number of carbonyl (C=O) groups excluding carboxylic acids is 1. The highest BCUT2D eigenvalue weighted by Gasteiger charge is 2.27. The van der Waals surface area contributed by atoms with Crippen molar-refractivity contribution in [1.29, 1.82) is 0 Å². The van der Waals surface area contributed by atoms with E-state index >= 15 is 0 Å². The molecule has 34 heavy (non-hydrogen) atoms. The van der Waals surface area contributed by atoms with Crippen LogP contribution in [0.2, 0.25) is 0 Å². The second-order valence-corrected chi connectivity index (χ2v) is 10.0. The molecule has 0 atom stereocenters. The number of aryl methyl sites for hydroxylation is 2. The van der Waals surface area contributed by atoms with Gasteiger partial charge in [-0.25, -0.2) is 0 Å². The summed E-state index contributed by atoms with van der Waals surface area (Å²) in [5.74, 6) is 3.00. The molecule has 6 nitrogen and oxygen atoms in total. The molecular weight excluding hydrogens is 422 g/mol. The number of aromatic amines is 1. The van der Waals surface area contributed by atoms with E-state index in [4.69, 9.17) is 5.73 Å². The van der Waals surface area contributed by atoms with Crippen LogP contribution < -0.4 is 5.73 Å². The van der Waals surface area contributed by atoms with Crippen molar-refractivity contribution in [2.24, 2.45) is 5.92 Å². The van der Waals surface area contributed by atoms with E-state index in [0.29, 0.717) is 5.92 Å². The van der Waals surface area contributed by atoms with Gasteiger partial charge in [0.25, 0.3) is 5.91 Å². The normalized spacial score (nSPS) is 17.1. The number of likely N-dealkylation sites (tertiary alicyclic amines) is 1. The maximum atomic E-state index is 13.6. The summed E-state index contributed by atoms with van der Waals surface area (Å²) in [5, 5.41) is 8.71. The standard InChI is InChI=1S/C28H35N5O/c1-3-26-30-27(32-31-26)25-17-24(18(2)15-22(25)16-19-5-4-6-19)28(34)33-13-11-21(12-14-33)20-7-9-23(29)10-8-20/h7-10,15,17,19,21H,3-6,11-14,16,29H2,1-2H3,(H,30,31,32). The molecule has 6 heteroatoms. The lowest BCUT2D eigenvalue weighted by molar-refractivity contribution is 0.0712.